The van der Waals surface area contributed by atoms with Gasteiger partial charge in [0.25, 0.3) is 0 Å². The Balaban J connectivity index is 6.01. The predicted octanol–water partition coefficient (Wildman–Crippen LogP) is 13.8. The number of unbranched alkanes of at least 4 members (excludes halogenated alkanes) is 20. The lowest BCUT2D eigenvalue weighted by Gasteiger charge is -2.35. The zero-order valence-corrected chi connectivity index (χ0v) is 36.6. The fraction of sp³-hybridized carbons (Fsp3) is 0.935. The van der Waals surface area contributed by atoms with Crippen molar-refractivity contribution in [2.24, 2.45) is 10.8 Å². The Morgan fingerprint density at radius 1 is 0.444 bits per heavy atom. The molecule has 0 aliphatic heterocycles. The number of hydrogen-bond donors (Lipinski definition) is 1. The fourth-order valence-corrected chi connectivity index (χ4v) is 7.98. The van der Waals surface area contributed by atoms with Gasteiger partial charge in [0.2, 0.25) is 6.79 Å². The molecule has 0 aromatic heterocycles. The molecule has 0 aliphatic rings. The Hall–Kier alpha value is -1.83. The highest BCUT2D eigenvalue weighted by molar-refractivity contribution is 5.77. The van der Waals surface area contributed by atoms with Crippen LogP contribution in [0.5, 0.6) is 0 Å². The molecule has 0 radical (unpaired) electrons. The minimum atomic E-state index is -0.825. The van der Waals surface area contributed by atoms with Crippen LogP contribution < -0.4 is 0 Å². The maximum Gasteiger partial charge on any atom is 0.511 e. The molecule has 1 N–H and O–H groups in total. The van der Waals surface area contributed by atoms with Crippen molar-refractivity contribution in [2.75, 3.05) is 34.0 Å². The van der Waals surface area contributed by atoms with E-state index in [1.807, 2.05) is 19.0 Å². The van der Waals surface area contributed by atoms with Crippen LogP contribution in [-0.4, -0.2) is 62.1 Å². The highest BCUT2D eigenvalue weighted by Gasteiger charge is 2.42. The van der Waals surface area contributed by atoms with Crippen LogP contribution >= 0.6 is 0 Å². The van der Waals surface area contributed by atoms with Gasteiger partial charge < -0.3 is 24.2 Å². The first-order valence-electron chi connectivity index (χ1n) is 23.0. The molecule has 320 valence electrons. The Morgan fingerprint density at radius 2 is 0.796 bits per heavy atom. The van der Waals surface area contributed by atoms with E-state index in [9.17, 15) is 19.5 Å². The van der Waals surface area contributed by atoms with Crippen molar-refractivity contribution in [1.29, 1.82) is 0 Å². The normalized spacial score (nSPS) is 13.8. The number of carboxylic acid groups (broad SMARTS) is 1. The van der Waals surface area contributed by atoms with Gasteiger partial charge in [-0.05, 0) is 59.0 Å². The topological polar surface area (TPSA) is 102 Å². The molecule has 0 aliphatic carbocycles. The van der Waals surface area contributed by atoms with E-state index in [1.165, 1.54) is 77.0 Å². The summed E-state index contributed by atoms with van der Waals surface area (Å²) in [6.07, 6.45) is 31.8. The Morgan fingerprint density at radius 3 is 1.19 bits per heavy atom. The minimum Gasteiger partial charge on any atom is -0.481 e. The first-order valence-corrected chi connectivity index (χ1v) is 23.0. The first-order chi connectivity index (χ1) is 26.1. The molecule has 0 bridgehead atoms. The van der Waals surface area contributed by atoms with E-state index in [4.69, 9.17) is 14.2 Å². The molecule has 0 spiro atoms. The van der Waals surface area contributed by atoms with Crippen molar-refractivity contribution in [2.45, 2.75) is 233 Å². The zero-order valence-electron chi connectivity index (χ0n) is 36.6. The van der Waals surface area contributed by atoms with Gasteiger partial charge in [0, 0.05) is 6.54 Å². The fourth-order valence-electron chi connectivity index (χ4n) is 7.98. The third-order valence-electron chi connectivity index (χ3n) is 11.6. The monoisotopic (exact) mass is 768 g/mol. The average molecular weight is 768 g/mol. The molecule has 0 saturated heterocycles. The van der Waals surface area contributed by atoms with Gasteiger partial charge >= 0.3 is 18.1 Å². The molecule has 54 heavy (non-hydrogen) atoms. The highest BCUT2D eigenvalue weighted by atomic mass is 16.8. The maximum absolute atomic E-state index is 14.2. The van der Waals surface area contributed by atoms with E-state index in [1.54, 1.807) is 0 Å². The molecule has 0 amide bonds. The molecule has 0 fully saturated rings. The molecule has 0 saturated carbocycles. The van der Waals surface area contributed by atoms with Gasteiger partial charge in [-0.3, -0.25) is 9.59 Å². The highest BCUT2D eigenvalue weighted by Crippen LogP contribution is 2.43. The largest absolute Gasteiger partial charge is 0.511 e. The molecular formula is C46H89NO7. The number of rotatable bonds is 40. The number of hydrogen-bond acceptors (Lipinski definition) is 7. The molecule has 2 atom stereocenters. The number of esters is 1. The summed E-state index contributed by atoms with van der Waals surface area (Å²) in [6.45, 7) is 9.46. The van der Waals surface area contributed by atoms with E-state index >= 15 is 0 Å². The van der Waals surface area contributed by atoms with Crippen LogP contribution in [0.25, 0.3) is 0 Å². The summed E-state index contributed by atoms with van der Waals surface area (Å²) < 4.78 is 16.2. The van der Waals surface area contributed by atoms with Crippen LogP contribution in [0.3, 0.4) is 0 Å². The van der Waals surface area contributed by atoms with Gasteiger partial charge in [0.05, 0.1) is 17.4 Å². The van der Waals surface area contributed by atoms with Crippen LogP contribution in [-0.2, 0) is 23.8 Å². The number of ether oxygens (including phenoxy) is 3. The van der Waals surface area contributed by atoms with Crippen molar-refractivity contribution in [3.63, 3.8) is 0 Å². The summed E-state index contributed by atoms with van der Waals surface area (Å²) in [7, 11) is 3.93. The van der Waals surface area contributed by atoms with Crippen molar-refractivity contribution in [3.05, 3.63) is 0 Å². The van der Waals surface area contributed by atoms with E-state index in [2.05, 4.69) is 27.7 Å². The molecule has 8 nitrogen and oxygen atoms in total. The van der Waals surface area contributed by atoms with E-state index in [0.29, 0.717) is 38.5 Å². The molecule has 0 aromatic carbocycles. The maximum atomic E-state index is 14.2. The molecule has 2 unspecified atom stereocenters. The summed E-state index contributed by atoms with van der Waals surface area (Å²) in [5, 5.41) is 10.8. The number of carboxylic acids is 1. The van der Waals surface area contributed by atoms with Crippen molar-refractivity contribution in [3.8, 4) is 0 Å². The molecule has 0 heterocycles. The Labute approximate surface area is 334 Å². The second kappa shape index (κ2) is 35.6. The van der Waals surface area contributed by atoms with Crippen LogP contribution in [0.4, 0.5) is 4.79 Å². The smallest absolute Gasteiger partial charge is 0.481 e. The summed E-state index contributed by atoms with van der Waals surface area (Å²) in [5.74, 6) is -0.974. The number of carbonyl (C=O) groups is 3. The number of nitrogens with zero attached hydrogens (tertiary/aromatic N) is 1. The molecule has 0 aromatic rings. The zero-order chi connectivity index (χ0) is 40.2. The van der Waals surface area contributed by atoms with Crippen LogP contribution in [0, 0.1) is 10.8 Å². The van der Waals surface area contributed by atoms with Crippen molar-refractivity contribution < 1.29 is 33.7 Å². The van der Waals surface area contributed by atoms with E-state index in [0.717, 1.165) is 96.4 Å². The quantitative estimate of drug-likeness (QED) is 0.0373. The number of carbonyl (C=O) groups excluding carboxylic acids is 2. The second-order valence-electron chi connectivity index (χ2n) is 16.7. The van der Waals surface area contributed by atoms with Crippen LogP contribution in [0.1, 0.15) is 233 Å². The SMILES string of the molecule is CCCCCCCCCC(CCCCCCC)(CCCC(CCCCCCC)(CCCCCCCCC)C(=O)OCOC(=O)OCCCN(C)C)C(=O)O. The Bertz CT molecular complexity index is 896. The average Bonchev–Trinajstić information content (AvgIpc) is 3.14. The summed E-state index contributed by atoms with van der Waals surface area (Å²) >= 11 is 0. The third kappa shape index (κ3) is 26.9. The Kier molecular flexibility index (Phi) is 34.4. The third-order valence-corrected chi connectivity index (χ3v) is 11.6. The lowest BCUT2D eigenvalue weighted by Crippen LogP contribution is -2.36. The van der Waals surface area contributed by atoms with Gasteiger partial charge in [-0.25, -0.2) is 4.79 Å². The second-order valence-corrected chi connectivity index (χ2v) is 16.7. The van der Waals surface area contributed by atoms with E-state index in [-0.39, 0.29) is 12.6 Å². The van der Waals surface area contributed by atoms with Gasteiger partial charge in [-0.1, -0.05) is 188 Å². The van der Waals surface area contributed by atoms with Gasteiger partial charge in [-0.2, -0.15) is 0 Å². The summed E-state index contributed by atoms with van der Waals surface area (Å²) in [6, 6.07) is 0. The molecule has 0 rings (SSSR count). The first kappa shape index (κ1) is 52.2. The van der Waals surface area contributed by atoms with Gasteiger partial charge in [0.1, 0.15) is 0 Å². The van der Waals surface area contributed by atoms with Crippen LogP contribution in [0.15, 0.2) is 0 Å². The van der Waals surface area contributed by atoms with Crippen LogP contribution in [0.2, 0.25) is 0 Å². The summed E-state index contributed by atoms with van der Waals surface area (Å²) in [4.78, 5) is 41.7. The predicted molar refractivity (Wildman–Crippen MR) is 225 cm³/mol. The van der Waals surface area contributed by atoms with Crippen molar-refractivity contribution >= 4 is 18.1 Å². The lowest BCUT2D eigenvalue weighted by atomic mass is 9.70. The number of aliphatic carboxylic acids is 1. The van der Waals surface area contributed by atoms with Gasteiger partial charge in [0.15, 0.2) is 0 Å². The van der Waals surface area contributed by atoms with Crippen molar-refractivity contribution in [1.82, 2.24) is 4.90 Å². The van der Waals surface area contributed by atoms with E-state index < -0.39 is 29.7 Å². The molecule has 8 heteroatoms. The van der Waals surface area contributed by atoms with Gasteiger partial charge in [-0.15, -0.1) is 0 Å². The lowest BCUT2D eigenvalue weighted by molar-refractivity contribution is -0.168. The molecular weight excluding hydrogens is 679 g/mol. The summed E-state index contributed by atoms with van der Waals surface area (Å²) in [5.41, 5.74) is -1.48. The standard InChI is InChI=1S/C46H89NO7/c1-7-11-15-19-21-25-28-34-45(42(48)49,33-27-23-17-13-9-3)37-31-38-46(35-29-24-18-14-10-4,36-30-26-22-20-16-12-8-2)43(50)53-41-54-44(51)52-40-32-39-47(5)6/h7-41H2,1-6H3,(H,48,49). The minimum absolute atomic E-state index is 0.244.